The molecule has 0 heterocycles. The molecule has 1 rings (SSSR count). The zero-order chi connectivity index (χ0) is 12.5. The van der Waals surface area contributed by atoms with Gasteiger partial charge >= 0.3 is 0 Å². The summed E-state index contributed by atoms with van der Waals surface area (Å²) in [6.45, 7) is 0. The van der Waals surface area contributed by atoms with Crippen LogP contribution in [0, 0.1) is 25.0 Å². The van der Waals surface area contributed by atoms with Crippen LogP contribution in [-0.2, 0) is 9.05 Å². The van der Waals surface area contributed by atoms with Crippen molar-refractivity contribution in [3.05, 3.63) is 31.4 Å². The van der Waals surface area contributed by atoms with Crippen LogP contribution in [0.4, 0.5) is 5.69 Å². The third-order valence-electron chi connectivity index (χ3n) is 1.59. The molecule has 0 radical (unpaired) electrons. The third kappa shape index (κ3) is 2.60. The Bertz CT molecular complexity index is 608. The highest BCUT2D eigenvalue weighted by atomic mass is 127. The molecule has 0 aliphatic heterocycles. The Labute approximate surface area is 109 Å². The number of benzene rings is 1. The van der Waals surface area contributed by atoms with Crippen molar-refractivity contribution in [1.82, 2.24) is 0 Å². The molecule has 0 aliphatic carbocycles. The molecule has 0 spiro atoms. The van der Waals surface area contributed by atoms with Crippen molar-refractivity contribution >= 4 is 48.0 Å². The maximum atomic E-state index is 11.2. The van der Waals surface area contributed by atoms with Crippen molar-refractivity contribution in [2.75, 3.05) is 0 Å². The van der Waals surface area contributed by atoms with Gasteiger partial charge in [-0.1, -0.05) is 0 Å². The molecule has 6 nitrogen and oxygen atoms in total. The van der Waals surface area contributed by atoms with E-state index in [-0.39, 0.29) is 9.13 Å². The number of nitro benzene ring substituents is 1. The zero-order valence-electron chi connectivity index (χ0n) is 7.35. The van der Waals surface area contributed by atoms with Crippen LogP contribution < -0.4 is 0 Å². The molecule has 16 heavy (non-hydrogen) atoms. The maximum Gasteiger partial charge on any atom is 0.291 e. The van der Waals surface area contributed by atoms with Gasteiger partial charge in [0.15, 0.2) is 4.90 Å². The van der Waals surface area contributed by atoms with Crippen molar-refractivity contribution in [2.24, 2.45) is 0 Å². The van der Waals surface area contributed by atoms with Gasteiger partial charge in [-0.3, -0.25) is 10.1 Å². The van der Waals surface area contributed by atoms with Crippen molar-refractivity contribution < 1.29 is 13.3 Å². The highest BCUT2D eigenvalue weighted by Crippen LogP contribution is 2.32. The molecule has 1 aromatic carbocycles. The Morgan fingerprint density at radius 2 is 2.06 bits per heavy atom. The molecule has 0 N–H and O–H groups in total. The summed E-state index contributed by atoms with van der Waals surface area (Å²) in [5, 5.41) is 19.3. The number of nitro groups is 1. The molecule has 0 unspecified atom stereocenters. The summed E-state index contributed by atoms with van der Waals surface area (Å²) in [6, 6.07) is 3.78. The van der Waals surface area contributed by atoms with Crippen LogP contribution in [0.1, 0.15) is 5.56 Å². The van der Waals surface area contributed by atoms with E-state index in [4.69, 9.17) is 15.9 Å². The molecule has 0 fully saturated rings. The topological polar surface area (TPSA) is 101 Å². The minimum atomic E-state index is -4.22. The first-order chi connectivity index (χ1) is 7.27. The predicted molar refractivity (Wildman–Crippen MR) is 63.6 cm³/mol. The molecule has 0 bridgehead atoms. The van der Waals surface area contributed by atoms with Crippen LogP contribution in [0.15, 0.2) is 17.0 Å². The molecule has 0 amide bonds. The Hall–Kier alpha value is -0.920. The van der Waals surface area contributed by atoms with Gasteiger partial charge in [0.1, 0.15) is 0 Å². The summed E-state index contributed by atoms with van der Waals surface area (Å²) in [6.07, 6.45) is 0. The van der Waals surface area contributed by atoms with Crippen LogP contribution >= 0.6 is 33.3 Å². The van der Waals surface area contributed by atoms with E-state index in [0.29, 0.717) is 0 Å². The second-order valence-corrected chi connectivity index (χ2v) is 6.28. The fourth-order valence-corrected chi connectivity index (χ4v) is 4.05. The monoisotopic (exact) mass is 372 g/mol. The number of nitrogens with zero attached hydrogens (tertiary/aromatic N) is 2. The summed E-state index contributed by atoms with van der Waals surface area (Å²) in [4.78, 5) is 9.18. The minimum Gasteiger partial charge on any atom is -0.258 e. The van der Waals surface area contributed by atoms with E-state index in [1.807, 2.05) is 0 Å². The lowest BCUT2D eigenvalue weighted by Crippen LogP contribution is -2.02. The summed E-state index contributed by atoms with van der Waals surface area (Å²) >= 11 is 1.57. The number of rotatable bonds is 2. The van der Waals surface area contributed by atoms with Crippen LogP contribution in [0.5, 0.6) is 0 Å². The fourth-order valence-electron chi connectivity index (χ4n) is 1.02. The van der Waals surface area contributed by atoms with E-state index in [9.17, 15) is 18.5 Å². The summed E-state index contributed by atoms with van der Waals surface area (Å²) in [7, 11) is 0.868. The van der Waals surface area contributed by atoms with E-state index in [2.05, 4.69) is 0 Å². The maximum absolute atomic E-state index is 11.2. The zero-order valence-corrected chi connectivity index (χ0v) is 11.1. The van der Waals surface area contributed by atoms with Crippen LogP contribution in [-0.4, -0.2) is 13.3 Å². The highest BCUT2D eigenvalue weighted by Gasteiger charge is 2.28. The van der Waals surface area contributed by atoms with Gasteiger partial charge in [0.25, 0.3) is 14.7 Å². The van der Waals surface area contributed by atoms with E-state index < -0.39 is 24.6 Å². The molecule has 1 aromatic rings. The lowest BCUT2D eigenvalue weighted by atomic mass is 10.2. The van der Waals surface area contributed by atoms with Gasteiger partial charge in [-0.2, -0.15) is 5.26 Å². The quantitative estimate of drug-likeness (QED) is 0.342. The minimum absolute atomic E-state index is 0.000154. The van der Waals surface area contributed by atoms with Crippen molar-refractivity contribution in [2.45, 2.75) is 4.90 Å². The third-order valence-corrected chi connectivity index (χ3v) is 4.19. The predicted octanol–water partition coefficient (Wildman–Crippen LogP) is 2.00. The van der Waals surface area contributed by atoms with Crippen molar-refractivity contribution in [3.8, 4) is 6.07 Å². The first kappa shape index (κ1) is 13.1. The molecule has 0 aliphatic rings. The molecule has 0 aromatic heterocycles. The molecular weight excluding hydrogens is 371 g/mol. The number of halogens is 2. The van der Waals surface area contributed by atoms with E-state index in [1.165, 1.54) is 6.07 Å². The Morgan fingerprint density at radius 3 is 2.44 bits per heavy atom. The average molecular weight is 373 g/mol. The number of nitriles is 1. The van der Waals surface area contributed by atoms with E-state index in [1.54, 1.807) is 28.7 Å². The average Bonchev–Trinajstić information content (AvgIpc) is 2.14. The molecule has 0 saturated heterocycles. The van der Waals surface area contributed by atoms with Crippen LogP contribution in [0.2, 0.25) is 0 Å². The van der Waals surface area contributed by atoms with Crippen molar-refractivity contribution in [3.63, 3.8) is 0 Å². The standard InChI is InChI=1S/C7H2ClIN2O4S/c8-16(14,15)7-5(9)1-4(3-10)2-6(7)11(12)13/h1-2H. The summed E-state index contributed by atoms with van der Waals surface area (Å²) in [5.41, 5.74) is -0.696. The Balaban J connectivity index is 3.75. The fraction of sp³-hybridized carbons (Fsp3) is 0. The number of hydrogen-bond donors (Lipinski definition) is 0. The van der Waals surface area contributed by atoms with E-state index >= 15 is 0 Å². The van der Waals surface area contributed by atoms with Crippen LogP contribution in [0.25, 0.3) is 0 Å². The number of hydrogen-bond acceptors (Lipinski definition) is 5. The van der Waals surface area contributed by atoms with Gasteiger partial charge in [-0.25, -0.2) is 8.42 Å². The van der Waals surface area contributed by atoms with Crippen LogP contribution in [0.3, 0.4) is 0 Å². The Morgan fingerprint density at radius 1 is 1.50 bits per heavy atom. The molecular formula is C7H2ClIN2O4S. The smallest absolute Gasteiger partial charge is 0.258 e. The van der Waals surface area contributed by atoms with Gasteiger partial charge in [-0.15, -0.1) is 0 Å². The van der Waals surface area contributed by atoms with Gasteiger partial charge in [0.2, 0.25) is 0 Å². The molecule has 84 valence electrons. The van der Waals surface area contributed by atoms with Gasteiger partial charge in [-0.05, 0) is 28.7 Å². The first-order valence-corrected chi connectivity index (χ1v) is 6.99. The molecule has 0 atom stereocenters. The summed E-state index contributed by atoms with van der Waals surface area (Å²) in [5.74, 6) is 0. The lowest BCUT2D eigenvalue weighted by molar-refractivity contribution is -0.387. The second kappa shape index (κ2) is 4.52. The van der Waals surface area contributed by atoms with Gasteiger partial charge in [0.05, 0.1) is 16.6 Å². The lowest BCUT2D eigenvalue weighted by Gasteiger charge is -2.02. The second-order valence-electron chi connectivity index (χ2n) is 2.61. The van der Waals surface area contributed by atoms with Gasteiger partial charge < -0.3 is 0 Å². The normalized spacial score (nSPS) is 10.8. The Kier molecular flexibility index (Phi) is 3.72. The molecule has 0 saturated carbocycles. The first-order valence-electron chi connectivity index (χ1n) is 3.60. The molecule has 9 heteroatoms. The largest absolute Gasteiger partial charge is 0.291 e. The van der Waals surface area contributed by atoms with E-state index in [0.717, 1.165) is 6.07 Å². The highest BCUT2D eigenvalue weighted by molar-refractivity contribution is 14.1. The van der Waals surface area contributed by atoms with Gasteiger partial charge in [0, 0.05) is 20.3 Å². The SMILES string of the molecule is N#Cc1cc(I)c(S(=O)(=O)Cl)c([N+](=O)[O-])c1. The summed E-state index contributed by atoms with van der Waals surface area (Å²) < 4.78 is 22.3. The van der Waals surface area contributed by atoms with Crippen molar-refractivity contribution in [1.29, 1.82) is 5.26 Å².